The van der Waals surface area contributed by atoms with E-state index in [0.717, 1.165) is 42.5 Å². The number of carboxylic acids is 1. The molecule has 1 aliphatic rings. The number of carboxylic acid groups (broad SMARTS) is 1. The van der Waals surface area contributed by atoms with E-state index < -0.39 is 17.2 Å². The van der Waals surface area contributed by atoms with Gasteiger partial charge >= 0.3 is 11.7 Å². The van der Waals surface area contributed by atoms with E-state index in [1.54, 1.807) is 12.1 Å². The third-order valence-corrected chi connectivity index (χ3v) is 5.06. The number of nitrogens with zero attached hydrogens (tertiary/aromatic N) is 2. The van der Waals surface area contributed by atoms with Crippen molar-refractivity contribution in [2.75, 3.05) is 13.1 Å². The van der Waals surface area contributed by atoms with Crippen LogP contribution in [0.3, 0.4) is 0 Å². The number of likely N-dealkylation sites (tertiary alicyclic amines) is 1. The number of benzene rings is 1. The van der Waals surface area contributed by atoms with Crippen molar-refractivity contribution in [1.82, 2.24) is 14.5 Å². The van der Waals surface area contributed by atoms with Crippen LogP contribution in [0, 0.1) is 0 Å². The highest BCUT2D eigenvalue weighted by Crippen LogP contribution is 2.16. The average molecular weight is 371 g/mol. The van der Waals surface area contributed by atoms with Crippen LogP contribution in [0.2, 0.25) is 0 Å². The molecule has 0 saturated carbocycles. The molecule has 0 bridgehead atoms. The van der Waals surface area contributed by atoms with Gasteiger partial charge in [0.05, 0.1) is 11.3 Å². The van der Waals surface area contributed by atoms with Crippen LogP contribution in [0.1, 0.15) is 60.6 Å². The summed E-state index contributed by atoms with van der Waals surface area (Å²) in [6.07, 6.45) is 3.19. The number of aromatic amines is 1. The highest BCUT2D eigenvalue weighted by molar-refractivity contribution is 5.86. The van der Waals surface area contributed by atoms with E-state index in [9.17, 15) is 19.5 Å². The zero-order chi connectivity index (χ0) is 19.6. The molecule has 0 aliphatic carbocycles. The third-order valence-electron chi connectivity index (χ3n) is 5.06. The Morgan fingerprint density at radius 1 is 1.11 bits per heavy atom. The molecule has 0 amide bonds. The minimum Gasteiger partial charge on any atom is -0.477 e. The van der Waals surface area contributed by atoms with Crippen LogP contribution in [-0.2, 0) is 6.54 Å². The molecule has 0 atom stereocenters. The second-order valence-electron chi connectivity index (χ2n) is 7.31. The lowest BCUT2D eigenvalue weighted by Crippen LogP contribution is -2.41. The molecule has 0 unspecified atom stereocenters. The fourth-order valence-electron chi connectivity index (χ4n) is 3.49. The molecule has 1 fully saturated rings. The first kappa shape index (κ1) is 19.1. The van der Waals surface area contributed by atoms with Gasteiger partial charge in [-0.2, -0.15) is 0 Å². The molecule has 2 N–H and O–H groups in total. The number of piperidine rings is 1. The fourth-order valence-corrected chi connectivity index (χ4v) is 3.49. The number of hydrogen-bond acceptors (Lipinski definition) is 4. The summed E-state index contributed by atoms with van der Waals surface area (Å²) in [7, 11) is 0. The molecular formula is C20H25N3O4. The topological polar surface area (TPSA) is 95.4 Å². The predicted molar refractivity (Wildman–Crippen MR) is 103 cm³/mol. The summed E-state index contributed by atoms with van der Waals surface area (Å²) in [6.45, 7) is 5.99. The Bertz CT molecular complexity index is 935. The number of carbonyl (C=O) groups is 1. The molecule has 1 aromatic carbocycles. The Kier molecular flexibility index (Phi) is 5.60. The summed E-state index contributed by atoms with van der Waals surface area (Å²) in [5.41, 5.74) is 0.0279. The van der Waals surface area contributed by atoms with Crippen LogP contribution in [0.15, 0.2) is 33.9 Å². The summed E-state index contributed by atoms with van der Waals surface area (Å²) in [5, 5.41) is 9.47. The van der Waals surface area contributed by atoms with Gasteiger partial charge in [-0.05, 0) is 49.5 Å². The normalized spacial score (nSPS) is 15.2. The molecule has 1 aliphatic heterocycles. The maximum absolute atomic E-state index is 13.1. The van der Waals surface area contributed by atoms with E-state index in [1.165, 1.54) is 0 Å². The lowest BCUT2D eigenvalue weighted by molar-refractivity contribution is 0.0686. The van der Waals surface area contributed by atoms with Gasteiger partial charge in [0.1, 0.15) is 5.69 Å². The monoisotopic (exact) mass is 371 g/mol. The van der Waals surface area contributed by atoms with Gasteiger partial charge in [-0.3, -0.25) is 9.69 Å². The summed E-state index contributed by atoms with van der Waals surface area (Å²) in [6, 6.07) is 7.19. The van der Waals surface area contributed by atoms with E-state index in [2.05, 4.69) is 23.7 Å². The summed E-state index contributed by atoms with van der Waals surface area (Å²) in [5.74, 6) is -0.961. The SMILES string of the molecule is CC(C)c1ccc(-n2c(=O)[nH]c(C(=O)O)c(CN3CCCCC3)c2=O)cc1. The van der Waals surface area contributed by atoms with Gasteiger partial charge < -0.3 is 10.1 Å². The van der Waals surface area contributed by atoms with Gasteiger partial charge in [0.2, 0.25) is 0 Å². The zero-order valence-electron chi connectivity index (χ0n) is 15.7. The number of rotatable bonds is 5. The quantitative estimate of drug-likeness (QED) is 0.841. The largest absolute Gasteiger partial charge is 0.477 e. The van der Waals surface area contributed by atoms with Crippen LogP contribution in [0.5, 0.6) is 0 Å². The summed E-state index contributed by atoms with van der Waals surface area (Å²) >= 11 is 0. The summed E-state index contributed by atoms with van der Waals surface area (Å²) < 4.78 is 1.02. The second kappa shape index (κ2) is 7.92. The maximum Gasteiger partial charge on any atom is 0.352 e. The summed E-state index contributed by atoms with van der Waals surface area (Å²) in [4.78, 5) is 41.6. The van der Waals surface area contributed by atoms with E-state index in [4.69, 9.17) is 0 Å². The Hall–Kier alpha value is -2.67. The second-order valence-corrected chi connectivity index (χ2v) is 7.31. The zero-order valence-corrected chi connectivity index (χ0v) is 15.7. The molecule has 144 valence electrons. The van der Waals surface area contributed by atoms with E-state index in [1.807, 2.05) is 12.1 Å². The van der Waals surface area contributed by atoms with Gasteiger partial charge in [0, 0.05) is 6.54 Å². The molecule has 2 aromatic rings. The molecule has 0 radical (unpaired) electrons. The molecule has 1 saturated heterocycles. The molecule has 7 nitrogen and oxygen atoms in total. The molecule has 1 aromatic heterocycles. The number of aromatic carboxylic acids is 1. The predicted octanol–water partition coefficient (Wildman–Crippen LogP) is 2.33. The molecular weight excluding hydrogens is 346 g/mol. The first-order chi connectivity index (χ1) is 12.9. The Balaban J connectivity index is 2.09. The lowest BCUT2D eigenvalue weighted by atomic mass is 10.0. The molecule has 0 spiro atoms. The maximum atomic E-state index is 13.1. The first-order valence-electron chi connectivity index (χ1n) is 9.32. The number of hydrogen-bond donors (Lipinski definition) is 2. The van der Waals surface area contributed by atoms with Crippen LogP contribution < -0.4 is 11.2 Å². The van der Waals surface area contributed by atoms with E-state index in [0.29, 0.717) is 11.6 Å². The fraction of sp³-hybridized carbons (Fsp3) is 0.450. The Labute approximate surface area is 157 Å². The van der Waals surface area contributed by atoms with Crippen molar-refractivity contribution in [1.29, 1.82) is 0 Å². The van der Waals surface area contributed by atoms with Gasteiger partial charge in [-0.15, -0.1) is 0 Å². The van der Waals surface area contributed by atoms with Crippen LogP contribution in [0.25, 0.3) is 5.69 Å². The molecule has 7 heteroatoms. The van der Waals surface area contributed by atoms with Gasteiger partial charge in [0.15, 0.2) is 0 Å². The van der Waals surface area contributed by atoms with Crippen LogP contribution in [0.4, 0.5) is 0 Å². The number of H-pyrrole nitrogens is 1. The van der Waals surface area contributed by atoms with Crippen molar-refractivity contribution in [3.8, 4) is 5.69 Å². The van der Waals surface area contributed by atoms with Gasteiger partial charge in [-0.1, -0.05) is 32.4 Å². The van der Waals surface area contributed by atoms with Crippen molar-refractivity contribution >= 4 is 5.97 Å². The highest BCUT2D eigenvalue weighted by atomic mass is 16.4. The van der Waals surface area contributed by atoms with E-state index in [-0.39, 0.29) is 17.8 Å². The lowest BCUT2D eigenvalue weighted by Gasteiger charge is -2.26. The number of nitrogens with one attached hydrogen (secondary N) is 1. The van der Waals surface area contributed by atoms with Crippen molar-refractivity contribution in [3.05, 3.63) is 61.9 Å². The first-order valence-corrected chi connectivity index (χ1v) is 9.32. The highest BCUT2D eigenvalue weighted by Gasteiger charge is 2.22. The Morgan fingerprint density at radius 2 is 1.74 bits per heavy atom. The molecule has 3 rings (SSSR count). The van der Waals surface area contributed by atoms with Crippen molar-refractivity contribution in [2.24, 2.45) is 0 Å². The molecule has 27 heavy (non-hydrogen) atoms. The van der Waals surface area contributed by atoms with Gasteiger partial charge in [-0.25, -0.2) is 14.2 Å². The van der Waals surface area contributed by atoms with Gasteiger partial charge in [0.25, 0.3) is 5.56 Å². The number of aromatic nitrogens is 2. The van der Waals surface area contributed by atoms with Crippen LogP contribution >= 0.6 is 0 Å². The third kappa shape index (κ3) is 4.03. The van der Waals surface area contributed by atoms with Crippen LogP contribution in [-0.4, -0.2) is 38.6 Å². The van der Waals surface area contributed by atoms with Crippen molar-refractivity contribution in [2.45, 2.75) is 45.6 Å². The Morgan fingerprint density at radius 3 is 2.30 bits per heavy atom. The molecule has 2 heterocycles. The van der Waals surface area contributed by atoms with Crippen molar-refractivity contribution < 1.29 is 9.90 Å². The van der Waals surface area contributed by atoms with Crippen molar-refractivity contribution in [3.63, 3.8) is 0 Å². The minimum atomic E-state index is -1.29. The van der Waals surface area contributed by atoms with E-state index >= 15 is 0 Å². The smallest absolute Gasteiger partial charge is 0.352 e. The average Bonchev–Trinajstić information content (AvgIpc) is 2.65. The minimum absolute atomic E-state index is 0.122. The standard InChI is InChI=1S/C20H25N3O4/c1-13(2)14-6-8-15(9-7-14)23-18(24)16(12-22-10-4-3-5-11-22)17(19(25)26)21-20(23)27/h6-9,13H,3-5,10-12H2,1-2H3,(H,21,27)(H,25,26).